The van der Waals surface area contributed by atoms with Gasteiger partial charge in [-0.05, 0) is 62.3 Å². The van der Waals surface area contributed by atoms with Gasteiger partial charge in [0, 0.05) is 31.9 Å². The summed E-state index contributed by atoms with van der Waals surface area (Å²) in [5.41, 5.74) is 5.25. The Balaban J connectivity index is 1.69. The van der Waals surface area contributed by atoms with Crippen molar-refractivity contribution in [1.29, 1.82) is 0 Å². The third kappa shape index (κ3) is 4.81. The van der Waals surface area contributed by atoms with Crippen LogP contribution in [0.2, 0.25) is 0 Å². The van der Waals surface area contributed by atoms with Crippen LogP contribution in [0.5, 0.6) is 5.88 Å². The summed E-state index contributed by atoms with van der Waals surface area (Å²) in [5.74, 6) is -0.0601. The van der Waals surface area contributed by atoms with E-state index in [2.05, 4.69) is 52.1 Å². The topological polar surface area (TPSA) is 66.9 Å². The molecule has 2 aromatic rings. The van der Waals surface area contributed by atoms with Crippen LogP contribution in [-0.2, 0) is 4.74 Å². The Kier molecular flexibility index (Phi) is 6.77. The van der Waals surface area contributed by atoms with E-state index in [0.717, 1.165) is 26.2 Å². The Morgan fingerprint density at radius 3 is 2.23 bits per heavy atom. The fraction of sp³-hybridized carbons (Fsp3) is 0.409. The van der Waals surface area contributed by atoms with Gasteiger partial charge in [-0.1, -0.05) is 6.07 Å². The number of aromatic nitrogens is 1. The van der Waals surface area contributed by atoms with E-state index >= 15 is 0 Å². The highest BCUT2D eigenvalue weighted by atomic mass is 32.1. The van der Waals surface area contributed by atoms with E-state index in [1.165, 1.54) is 31.0 Å². The minimum absolute atomic E-state index is 0.378. The van der Waals surface area contributed by atoms with E-state index in [1.807, 2.05) is 0 Å². The zero-order valence-corrected chi connectivity index (χ0v) is 18.9. The molecule has 2 heterocycles. The van der Waals surface area contributed by atoms with Crippen molar-refractivity contribution in [2.24, 2.45) is 0 Å². The molecule has 1 aliphatic rings. The van der Waals surface area contributed by atoms with Crippen LogP contribution in [0.3, 0.4) is 0 Å². The molecule has 30 heavy (non-hydrogen) atoms. The summed E-state index contributed by atoms with van der Waals surface area (Å²) in [7, 11) is 2.88. The van der Waals surface area contributed by atoms with Crippen LogP contribution < -0.4 is 15.0 Å². The number of piperazine rings is 1. The highest BCUT2D eigenvalue weighted by molar-refractivity contribution is 7.80. The Bertz CT molecular complexity index is 935. The van der Waals surface area contributed by atoms with Crippen molar-refractivity contribution >= 4 is 34.7 Å². The van der Waals surface area contributed by atoms with Gasteiger partial charge in [0.05, 0.1) is 25.5 Å². The van der Waals surface area contributed by atoms with Crippen molar-refractivity contribution in [2.45, 2.75) is 20.8 Å². The van der Waals surface area contributed by atoms with Gasteiger partial charge < -0.3 is 24.6 Å². The van der Waals surface area contributed by atoms with Gasteiger partial charge in [-0.3, -0.25) is 0 Å². The van der Waals surface area contributed by atoms with E-state index < -0.39 is 5.97 Å². The summed E-state index contributed by atoms with van der Waals surface area (Å²) in [6.07, 6.45) is 0. The van der Waals surface area contributed by atoms with Crippen molar-refractivity contribution in [3.05, 3.63) is 46.6 Å². The average Bonchev–Trinajstić information content (AvgIpc) is 2.73. The molecule has 3 rings (SSSR count). The lowest BCUT2D eigenvalue weighted by Gasteiger charge is -2.37. The maximum absolute atomic E-state index is 12.0. The Labute approximate surface area is 183 Å². The first-order valence-electron chi connectivity index (χ1n) is 9.85. The second-order valence-corrected chi connectivity index (χ2v) is 7.81. The Hall–Kier alpha value is -2.87. The molecule has 7 nitrogen and oxygen atoms in total. The van der Waals surface area contributed by atoms with Crippen LogP contribution >= 0.6 is 12.2 Å². The van der Waals surface area contributed by atoms with Crippen LogP contribution in [-0.4, -0.2) is 61.4 Å². The van der Waals surface area contributed by atoms with Gasteiger partial charge in [-0.2, -0.15) is 0 Å². The van der Waals surface area contributed by atoms with Gasteiger partial charge >= 0.3 is 5.97 Å². The fourth-order valence-corrected chi connectivity index (χ4v) is 3.93. The molecule has 1 aliphatic heterocycles. The predicted molar refractivity (Wildman–Crippen MR) is 123 cm³/mol. The lowest BCUT2D eigenvalue weighted by Crippen LogP contribution is -2.50. The molecule has 160 valence electrons. The highest BCUT2D eigenvalue weighted by Crippen LogP contribution is 2.26. The lowest BCUT2D eigenvalue weighted by molar-refractivity contribution is 0.0599. The van der Waals surface area contributed by atoms with Gasteiger partial charge in [0.1, 0.15) is 5.69 Å². The van der Waals surface area contributed by atoms with E-state index in [-0.39, 0.29) is 0 Å². The Morgan fingerprint density at radius 1 is 1.03 bits per heavy atom. The minimum Gasteiger partial charge on any atom is -0.480 e. The van der Waals surface area contributed by atoms with Gasteiger partial charge in [-0.15, -0.1) is 0 Å². The molecule has 1 aromatic carbocycles. The predicted octanol–water partition coefficient (Wildman–Crippen LogP) is 3.32. The number of hydrogen-bond acceptors (Lipinski definition) is 6. The number of benzene rings is 1. The number of pyridine rings is 1. The maximum atomic E-state index is 12.0. The zero-order chi connectivity index (χ0) is 21.8. The summed E-state index contributed by atoms with van der Waals surface area (Å²) >= 11 is 5.63. The van der Waals surface area contributed by atoms with Gasteiger partial charge in [0.2, 0.25) is 5.88 Å². The molecule has 8 heteroatoms. The summed E-state index contributed by atoms with van der Waals surface area (Å²) < 4.78 is 10.2. The van der Waals surface area contributed by atoms with Crippen LogP contribution in [0.15, 0.2) is 24.3 Å². The number of aryl methyl sites for hydroxylation is 3. The number of anilines is 2. The summed E-state index contributed by atoms with van der Waals surface area (Å²) in [4.78, 5) is 20.9. The first kappa shape index (κ1) is 21.8. The first-order valence-corrected chi connectivity index (χ1v) is 10.3. The maximum Gasteiger partial charge on any atom is 0.339 e. The van der Waals surface area contributed by atoms with Crippen LogP contribution in [0, 0.1) is 20.8 Å². The third-order valence-corrected chi connectivity index (χ3v) is 5.52. The molecule has 0 amide bonds. The molecule has 1 N–H and O–H groups in total. The lowest BCUT2D eigenvalue weighted by atomic mass is 10.1. The number of thiocarbonyl (C=S) groups is 1. The number of esters is 1. The van der Waals surface area contributed by atoms with Crippen LogP contribution in [0.1, 0.15) is 27.2 Å². The Morgan fingerprint density at radius 2 is 1.67 bits per heavy atom. The summed E-state index contributed by atoms with van der Waals surface area (Å²) in [5, 5.41) is 3.77. The minimum atomic E-state index is -0.446. The average molecular weight is 429 g/mol. The summed E-state index contributed by atoms with van der Waals surface area (Å²) in [6.45, 7) is 9.33. The molecular weight excluding hydrogens is 400 g/mol. The molecule has 1 aromatic heterocycles. The second-order valence-electron chi connectivity index (χ2n) is 7.42. The molecule has 0 atom stereocenters. The molecule has 1 fully saturated rings. The fourth-order valence-electron chi connectivity index (χ4n) is 3.64. The van der Waals surface area contributed by atoms with E-state index in [4.69, 9.17) is 21.7 Å². The van der Waals surface area contributed by atoms with Crippen molar-refractivity contribution in [3.63, 3.8) is 0 Å². The highest BCUT2D eigenvalue weighted by Gasteiger charge is 2.22. The van der Waals surface area contributed by atoms with Crippen LogP contribution in [0.4, 0.5) is 11.4 Å². The van der Waals surface area contributed by atoms with E-state index in [0.29, 0.717) is 27.9 Å². The zero-order valence-electron chi connectivity index (χ0n) is 18.1. The number of ether oxygens (including phenoxy) is 2. The molecule has 0 saturated carbocycles. The molecular formula is C22H28N4O3S. The number of methoxy groups -OCH3 is 2. The number of carbonyl (C=O) groups excluding carboxylic acids is 1. The van der Waals surface area contributed by atoms with Crippen molar-refractivity contribution in [2.75, 3.05) is 50.6 Å². The number of nitrogens with one attached hydrogen (secondary N) is 1. The van der Waals surface area contributed by atoms with Crippen molar-refractivity contribution in [1.82, 2.24) is 9.88 Å². The monoisotopic (exact) mass is 428 g/mol. The second kappa shape index (κ2) is 9.30. The molecule has 0 unspecified atom stereocenters. The van der Waals surface area contributed by atoms with Gasteiger partial charge in [-0.25, -0.2) is 9.78 Å². The van der Waals surface area contributed by atoms with E-state index in [1.54, 1.807) is 13.0 Å². The normalized spacial score (nSPS) is 13.8. The SMILES string of the molecule is COC(=O)c1cc(NC(=S)N2CCN(c3cc(C)cc(C)c3)CC2)c(OC)nc1C. The third-order valence-electron chi connectivity index (χ3n) is 5.16. The molecule has 0 aliphatic carbocycles. The van der Waals surface area contributed by atoms with Crippen LogP contribution in [0.25, 0.3) is 0 Å². The molecule has 0 radical (unpaired) electrons. The first-order chi connectivity index (χ1) is 14.3. The van der Waals surface area contributed by atoms with Crippen molar-refractivity contribution < 1.29 is 14.3 Å². The quantitative estimate of drug-likeness (QED) is 0.588. The standard InChI is InChI=1S/C22H28N4O3S/c1-14-10-15(2)12-17(11-14)25-6-8-26(9-7-25)22(30)24-19-13-18(21(27)29-5)16(3)23-20(19)28-4/h10-13H,6-9H2,1-5H3,(H,24,30). The number of nitrogens with zero attached hydrogens (tertiary/aromatic N) is 3. The molecule has 0 bridgehead atoms. The van der Waals surface area contributed by atoms with Gasteiger partial charge in [0.25, 0.3) is 0 Å². The van der Waals surface area contributed by atoms with Crippen molar-refractivity contribution in [3.8, 4) is 5.88 Å². The smallest absolute Gasteiger partial charge is 0.339 e. The number of rotatable bonds is 4. The molecule has 0 spiro atoms. The number of carbonyl (C=O) groups is 1. The summed E-state index contributed by atoms with van der Waals surface area (Å²) in [6, 6.07) is 8.29. The largest absolute Gasteiger partial charge is 0.480 e. The molecule has 1 saturated heterocycles. The number of hydrogen-bond donors (Lipinski definition) is 1. The van der Waals surface area contributed by atoms with Gasteiger partial charge in [0.15, 0.2) is 5.11 Å². The van der Waals surface area contributed by atoms with E-state index in [9.17, 15) is 4.79 Å².